The number of halogens is 2. The van der Waals surface area contributed by atoms with Crippen LogP contribution < -0.4 is 9.47 Å². The fourth-order valence-corrected chi connectivity index (χ4v) is 2.59. The van der Waals surface area contributed by atoms with Crippen molar-refractivity contribution < 1.29 is 9.47 Å². The van der Waals surface area contributed by atoms with E-state index in [-0.39, 0.29) is 5.38 Å². The van der Waals surface area contributed by atoms with Crippen molar-refractivity contribution in [2.75, 3.05) is 14.2 Å². The van der Waals surface area contributed by atoms with Crippen molar-refractivity contribution in [2.24, 2.45) is 0 Å². The second kappa shape index (κ2) is 6.38. The Morgan fingerprint density at radius 3 is 2.05 bits per heavy atom. The summed E-state index contributed by atoms with van der Waals surface area (Å²) in [5.74, 6) is 1.38. The maximum Gasteiger partial charge on any atom is 0.161 e. The zero-order valence-corrected chi connectivity index (χ0v) is 13.1. The van der Waals surface area contributed by atoms with Gasteiger partial charge < -0.3 is 9.47 Å². The second-order valence-corrected chi connectivity index (χ2v) is 5.35. The van der Waals surface area contributed by atoms with Crippen LogP contribution in [0.5, 0.6) is 11.5 Å². The summed E-state index contributed by atoms with van der Waals surface area (Å²) in [4.78, 5) is 0. The molecule has 1 atom stereocenters. The molecule has 2 aromatic carbocycles. The van der Waals surface area contributed by atoms with E-state index in [1.165, 1.54) is 0 Å². The number of hydrogen-bond donors (Lipinski definition) is 0. The summed E-state index contributed by atoms with van der Waals surface area (Å²) in [5, 5.41) is 0.439. The van der Waals surface area contributed by atoms with Gasteiger partial charge >= 0.3 is 0 Å². The van der Waals surface area contributed by atoms with Gasteiger partial charge in [0.2, 0.25) is 0 Å². The summed E-state index contributed by atoms with van der Waals surface area (Å²) >= 11 is 12.5. The summed E-state index contributed by atoms with van der Waals surface area (Å²) in [6.45, 7) is 2.00. The first-order chi connectivity index (χ1) is 9.56. The lowest BCUT2D eigenvalue weighted by Gasteiger charge is -2.17. The number of benzene rings is 2. The number of ether oxygens (including phenoxy) is 2. The average molecular weight is 311 g/mol. The third-order valence-corrected chi connectivity index (χ3v) is 3.95. The van der Waals surface area contributed by atoms with Crippen LogP contribution in [0, 0.1) is 6.92 Å². The third-order valence-electron chi connectivity index (χ3n) is 3.21. The van der Waals surface area contributed by atoms with Gasteiger partial charge in [-0.25, -0.2) is 0 Å². The van der Waals surface area contributed by atoms with Gasteiger partial charge in [0, 0.05) is 5.02 Å². The predicted molar refractivity (Wildman–Crippen MR) is 83.4 cm³/mol. The van der Waals surface area contributed by atoms with Gasteiger partial charge in [-0.1, -0.05) is 23.7 Å². The van der Waals surface area contributed by atoms with Crippen LogP contribution in [0.4, 0.5) is 0 Å². The van der Waals surface area contributed by atoms with E-state index >= 15 is 0 Å². The van der Waals surface area contributed by atoms with Crippen LogP contribution in [-0.4, -0.2) is 14.2 Å². The molecule has 0 aliphatic heterocycles. The Hall–Kier alpha value is -1.38. The molecule has 4 heteroatoms. The molecule has 0 heterocycles. The van der Waals surface area contributed by atoms with E-state index in [0.29, 0.717) is 16.5 Å². The van der Waals surface area contributed by atoms with E-state index in [9.17, 15) is 0 Å². The van der Waals surface area contributed by atoms with E-state index in [4.69, 9.17) is 32.7 Å². The highest BCUT2D eigenvalue weighted by Crippen LogP contribution is 2.38. The van der Waals surface area contributed by atoms with E-state index in [1.54, 1.807) is 14.2 Å². The molecule has 0 N–H and O–H groups in total. The van der Waals surface area contributed by atoms with Gasteiger partial charge in [0.1, 0.15) is 0 Å². The van der Waals surface area contributed by atoms with Crippen molar-refractivity contribution >= 4 is 23.2 Å². The molecule has 2 rings (SSSR count). The minimum atomic E-state index is -0.257. The largest absolute Gasteiger partial charge is 0.493 e. The number of methoxy groups -OCH3 is 2. The lowest BCUT2D eigenvalue weighted by molar-refractivity contribution is 0.354. The molecule has 0 radical (unpaired) electrons. The van der Waals surface area contributed by atoms with Gasteiger partial charge in [-0.15, -0.1) is 11.6 Å². The lowest BCUT2D eigenvalue weighted by atomic mass is 9.99. The van der Waals surface area contributed by atoms with E-state index < -0.39 is 0 Å². The van der Waals surface area contributed by atoms with E-state index in [1.807, 2.05) is 43.3 Å². The van der Waals surface area contributed by atoms with Crippen molar-refractivity contribution in [1.82, 2.24) is 0 Å². The summed E-state index contributed by atoms with van der Waals surface area (Å²) in [6, 6.07) is 11.4. The molecule has 0 bridgehead atoms. The Labute approximate surface area is 129 Å². The molecule has 0 saturated heterocycles. The van der Waals surface area contributed by atoms with Crippen molar-refractivity contribution in [1.29, 1.82) is 0 Å². The molecule has 106 valence electrons. The summed E-state index contributed by atoms with van der Waals surface area (Å²) in [5.41, 5.74) is 3.04. The van der Waals surface area contributed by atoms with Crippen LogP contribution in [0.15, 0.2) is 36.4 Å². The van der Waals surface area contributed by atoms with Crippen LogP contribution >= 0.6 is 23.2 Å². The molecule has 0 fully saturated rings. The smallest absolute Gasteiger partial charge is 0.161 e. The molecular weight excluding hydrogens is 295 g/mol. The summed E-state index contributed by atoms with van der Waals surface area (Å²) < 4.78 is 10.6. The predicted octanol–water partition coefficient (Wildman–Crippen LogP) is 4.99. The Kier molecular flexibility index (Phi) is 4.79. The quantitative estimate of drug-likeness (QED) is 0.740. The number of alkyl halides is 1. The van der Waals surface area contributed by atoms with Crippen molar-refractivity contribution in [3.8, 4) is 11.5 Å². The van der Waals surface area contributed by atoms with E-state index in [2.05, 4.69) is 0 Å². The number of hydrogen-bond acceptors (Lipinski definition) is 2. The van der Waals surface area contributed by atoms with Crippen LogP contribution in [0.25, 0.3) is 0 Å². The monoisotopic (exact) mass is 310 g/mol. The molecule has 2 aromatic rings. The Morgan fingerprint density at radius 1 is 0.950 bits per heavy atom. The van der Waals surface area contributed by atoms with Crippen LogP contribution in [0.1, 0.15) is 22.1 Å². The first-order valence-corrected chi connectivity index (χ1v) is 7.00. The van der Waals surface area contributed by atoms with Crippen molar-refractivity contribution in [2.45, 2.75) is 12.3 Å². The first-order valence-electron chi connectivity index (χ1n) is 6.19. The number of rotatable bonds is 4. The Bertz CT molecular complexity index is 594. The molecule has 0 aliphatic rings. The van der Waals surface area contributed by atoms with Gasteiger partial charge in [0.15, 0.2) is 11.5 Å². The molecule has 20 heavy (non-hydrogen) atoms. The molecule has 2 nitrogen and oxygen atoms in total. The first kappa shape index (κ1) is 15.0. The summed E-state index contributed by atoms with van der Waals surface area (Å²) in [6.07, 6.45) is 0. The molecule has 0 spiro atoms. The highest BCUT2D eigenvalue weighted by Gasteiger charge is 2.17. The summed E-state index contributed by atoms with van der Waals surface area (Å²) in [7, 11) is 3.23. The maximum atomic E-state index is 6.57. The molecule has 0 saturated carbocycles. The van der Waals surface area contributed by atoms with Crippen LogP contribution in [0.3, 0.4) is 0 Å². The normalized spacial score (nSPS) is 12.1. The van der Waals surface area contributed by atoms with Crippen LogP contribution in [0.2, 0.25) is 5.02 Å². The van der Waals surface area contributed by atoms with Gasteiger partial charge in [-0.05, 0) is 47.9 Å². The standard InChI is InChI=1S/C16H16Cl2O2/c1-10-8-14(19-2)15(20-3)9-13(10)16(18)11-4-6-12(17)7-5-11/h4-9,16H,1-3H3. The molecule has 0 aliphatic carbocycles. The lowest BCUT2D eigenvalue weighted by Crippen LogP contribution is -1.99. The SMILES string of the molecule is COc1cc(C)c(C(Cl)c2ccc(Cl)cc2)cc1OC. The van der Waals surface area contributed by atoms with Gasteiger partial charge in [0.25, 0.3) is 0 Å². The fraction of sp³-hybridized carbons (Fsp3) is 0.250. The van der Waals surface area contributed by atoms with Crippen molar-refractivity contribution in [3.05, 3.63) is 58.1 Å². The maximum absolute atomic E-state index is 6.57. The highest BCUT2D eigenvalue weighted by molar-refractivity contribution is 6.30. The highest BCUT2D eigenvalue weighted by atomic mass is 35.5. The van der Waals surface area contributed by atoms with Crippen LogP contribution in [-0.2, 0) is 0 Å². The average Bonchev–Trinajstić information content (AvgIpc) is 2.47. The van der Waals surface area contributed by atoms with Gasteiger partial charge in [-0.2, -0.15) is 0 Å². The zero-order valence-electron chi connectivity index (χ0n) is 11.6. The zero-order chi connectivity index (χ0) is 14.7. The molecule has 1 unspecified atom stereocenters. The topological polar surface area (TPSA) is 18.5 Å². The Morgan fingerprint density at radius 2 is 1.50 bits per heavy atom. The minimum Gasteiger partial charge on any atom is -0.493 e. The Balaban J connectivity index is 2.43. The number of aryl methyl sites for hydroxylation is 1. The fourth-order valence-electron chi connectivity index (χ4n) is 2.08. The molecular formula is C16H16Cl2O2. The van der Waals surface area contributed by atoms with Gasteiger partial charge in [-0.3, -0.25) is 0 Å². The molecule has 0 aromatic heterocycles. The molecule has 0 amide bonds. The second-order valence-electron chi connectivity index (χ2n) is 4.48. The van der Waals surface area contributed by atoms with Gasteiger partial charge in [0.05, 0.1) is 19.6 Å². The van der Waals surface area contributed by atoms with E-state index in [0.717, 1.165) is 16.7 Å². The van der Waals surface area contributed by atoms with Crippen molar-refractivity contribution in [3.63, 3.8) is 0 Å². The minimum absolute atomic E-state index is 0.257. The third kappa shape index (κ3) is 3.02.